The number of hydrogen-bond acceptors (Lipinski definition) is 5. The van der Waals surface area contributed by atoms with Crippen molar-refractivity contribution in [3.05, 3.63) is 59.7 Å². The summed E-state index contributed by atoms with van der Waals surface area (Å²) in [5.41, 5.74) is 3.60. The fraction of sp³-hybridized carbons (Fsp3) is 0.480. The summed E-state index contributed by atoms with van der Waals surface area (Å²) < 4.78 is 16.1. The molecular formula is C25H36N4O3. The molecule has 0 bridgehead atoms. The highest BCUT2D eigenvalue weighted by Gasteiger charge is 2.10. The van der Waals surface area contributed by atoms with Crippen LogP contribution >= 0.6 is 0 Å². The summed E-state index contributed by atoms with van der Waals surface area (Å²) in [6.07, 6.45) is 0.936. The highest BCUT2D eigenvalue weighted by Crippen LogP contribution is 2.16. The molecule has 0 spiro atoms. The van der Waals surface area contributed by atoms with Crippen molar-refractivity contribution >= 4 is 11.6 Å². The smallest absolute Gasteiger partial charge is 0.191 e. The molecule has 2 aromatic carbocycles. The number of methoxy groups -OCH3 is 1. The van der Waals surface area contributed by atoms with Crippen LogP contribution in [0.2, 0.25) is 0 Å². The van der Waals surface area contributed by atoms with Crippen LogP contribution in [0.4, 0.5) is 5.69 Å². The van der Waals surface area contributed by atoms with E-state index in [1.807, 2.05) is 31.2 Å². The zero-order valence-corrected chi connectivity index (χ0v) is 19.3. The lowest BCUT2D eigenvalue weighted by Crippen LogP contribution is -2.38. The van der Waals surface area contributed by atoms with Gasteiger partial charge in [0.05, 0.1) is 26.9 Å². The normalized spacial score (nSPS) is 14.3. The van der Waals surface area contributed by atoms with Crippen molar-refractivity contribution < 1.29 is 14.2 Å². The quantitative estimate of drug-likeness (QED) is 0.318. The lowest BCUT2D eigenvalue weighted by atomic mass is 10.2. The van der Waals surface area contributed by atoms with Crippen molar-refractivity contribution in [2.24, 2.45) is 4.99 Å². The van der Waals surface area contributed by atoms with Crippen LogP contribution in [-0.4, -0.2) is 59.1 Å². The minimum absolute atomic E-state index is 0.598. The van der Waals surface area contributed by atoms with Gasteiger partial charge >= 0.3 is 0 Å². The van der Waals surface area contributed by atoms with Crippen molar-refractivity contribution in [1.82, 2.24) is 10.6 Å². The molecule has 32 heavy (non-hydrogen) atoms. The average molecular weight is 441 g/mol. The van der Waals surface area contributed by atoms with Crippen molar-refractivity contribution in [1.29, 1.82) is 0 Å². The van der Waals surface area contributed by atoms with Gasteiger partial charge in [-0.1, -0.05) is 24.3 Å². The average Bonchev–Trinajstić information content (AvgIpc) is 2.86. The first-order valence-corrected chi connectivity index (χ1v) is 11.4. The largest absolute Gasteiger partial charge is 0.497 e. The molecule has 7 heteroatoms. The SMILES string of the molecule is CCOCCCNC(=NCc1ccc(OC)cc1)NCc1ccc(N2CCOCC2)cc1. The van der Waals surface area contributed by atoms with E-state index >= 15 is 0 Å². The third-order valence-electron chi connectivity index (χ3n) is 5.31. The van der Waals surface area contributed by atoms with E-state index in [0.717, 1.165) is 69.8 Å². The van der Waals surface area contributed by atoms with E-state index in [1.165, 1.54) is 11.3 Å². The molecule has 3 rings (SSSR count). The van der Waals surface area contributed by atoms with Gasteiger partial charge in [0.25, 0.3) is 0 Å². The van der Waals surface area contributed by atoms with E-state index in [2.05, 4.69) is 39.8 Å². The van der Waals surface area contributed by atoms with Crippen LogP contribution in [0.3, 0.4) is 0 Å². The molecule has 0 aliphatic carbocycles. The molecule has 0 aromatic heterocycles. The van der Waals surface area contributed by atoms with Crippen LogP contribution in [0.15, 0.2) is 53.5 Å². The topological polar surface area (TPSA) is 67.3 Å². The number of guanidine groups is 1. The molecule has 0 amide bonds. The maximum atomic E-state index is 5.44. The fourth-order valence-electron chi connectivity index (χ4n) is 3.43. The maximum absolute atomic E-state index is 5.44. The zero-order chi connectivity index (χ0) is 22.4. The van der Waals surface area contributed by atoms with Crippen LogP contribution < -0.4 is 20.3 Å². The predicted molar refractivity (Wildman–Crippen MR) is 130 cm³/mol. The van der Waals surface area contributed by atoms with Gasteiger partial charge in [-0.2, -0.15) is 0 Å². The molecule has 2 N–H and O–H groups in total. The second-order valence-electron chi connectivity index (χ2n) is 7.61. The van der Waals surface area contributed by atoms with E-state index in [-0.39, 0.29) is 0 Å². The summed E-state index contributed by atoms with van der Waals surface area (Å²) in [4.78, 5) is 7.13. The first-order chi connectivity index (χ1) is 15.8. The Kier molecular flexibility index (Phi) is 10.2. The van der Waals surface area contributed by atoms with Gasteiger partial charge in [-0.05, 0) is 48.7 Å². The van der Waals surface area contributed by atoms with Crippen LogP contribution in [0, 0.1) is 0 Å². The fourth-order valence-corrected chi connectivity index (χ4v) is 3.43. The molecule has 0 unspecified atom stereocenters. The number of nitrogens with zero attached hydrogens (tertiary/aromatic N) is 2. The Morgan fingerprint density at radius 1 is 1.00 bits per heavy atom. The predicted octanol–water partition coefficient (Wildman–Crippen LogP) is 3.19. The van der Waals surface area contributed by atoms with Crippen molar-refractivity contribution in [3.63, 3.8) is 0 Å². The molecule has 7 nitrogen and oxygen atoms in total. The lowest BCUT2D eigenvalue weighted by molar-refractivity contribution is 0.122. The standard InChI is InChI=1S/C25H36N4O3/c1-3-31-16-4-13-26-25(28-20-22-7-11-24(30-2)12-8-22)27-19-21-5-9-23(10-6-21)29-14-17-32-18-15-29/h5-12H,3-4,13-20H2,1-2H3,(H2,26,27,28). The van der Waals surface area contributed by atoms with Gasteiger partial charge in [0.1, 0.15) is 5.75 Å². The lowest BCUT2D eigenvalue weighted by Gasteiger charge is -2.29. The number of aliphatic imine (C=N–C) groups is 1. The van der Waals surface area contributed by atoms with E-state index in [1.54, 1.807) is 7.11 Å². The molecule has 1 heterocycles. The summed E-state index contributed by atoms with van der Waals surface area (Å²) in [7, 11) is 1.68. The molecule has 1 fully saturated rings. The molecule has 0 atom stereocenters. The highest BCUT2D eigenvalue weighted by molar-refractivity contribution is 5.79. The third kappa shape index (κ3) is 8.05. The number of anilines is 1. The zero-order valence-electron chi connectivity index (χ0n) is 19.3. The Hall–Kier alpha value is -2.77. The number of ether oxygens (including phenoxy) is 3. The molecular weight excluding hydrogens is 404 g/mol. The van der Waals surface area contributed by atoms with E-state index in [0.29, 0.717) is 13.1 Å². The van der Waals surface area contributed by atoms with Crippen molar-refractivity contribution in [2.75, 3.05) is 58.1 Å². The summed E-state index contributed by atoms with van der Waals surface area (Å²) >= 11 is 0. The Bertz CT molecular complexity index is 803. The first-order valence-electron chi connectivity index (χ1n) is 11.4. The van der Waals surface area contributed by atoms with Gasteiger partial charge in [0, 0.05) is 45.1 Å². The van der Waals surface area contributed by atoms with Gasteiger partial charge in [-0.3, -0.25) is 0 Å². The molecule has 1 saturated heterocycles. The molecule has 0 saturated carbocycles. The highest BCUT2D eigenvalue weighted by atomic mass is 16.5. The number of benzene rings is 2. The van der Waals surface area contributed by atoms with Gasteiger partial charge in [-0.15, -0.1) is 0 Å². The molecule has 1 aliphatic rings. The monoisotopic (exact) mass is 440 g/mol. The van der Waals surface area contributed by atoms with Gasteiger partial charge in [0.2, 0.25) is 0 Å². The Morgan fingerprint density at radius 2 is 1.72 bits per heavy atom. The summed E-state index contributed by atoms with van der Waals surface area (Å²) in [6, 6.07) is 16.7. The molecule has 0 radical (unpaired) electrons. The van der Waals surface area contributed by atoms with Crippen LogP contribution in [0.1, 0.15) is 24.5 Å². The van der Waals surface area contributed by atoms with E-state index in [9.17, 15) is 0 Å². The number of rotatable bonds is 11. The molecule has 2 aromatic rings. The van der Waals surface area contributed by atoms with Crippen LogP contribution in [0.5, 0.6) is 5.75 Å². The van der Waals surface area contributed by atoms with Crippen LogP contribution in [0.25, 0.3) is 0 Å². The minimum Gasteiger partial charge on any atom is -0.497 e. The van der Waals surface area contributed by atoms with Gasteiger partial charge in [-0.25, -0.2) is 4.99 Å². The minimum atomic E-state index is 0.598. The summed E-state index contributed by atoms with van der Waals surface area (Å²) in [5.74, 6) is 1.65. The Morgan fingerprint density at radius 3 is 2.41 bits per heavy atom. The Labute approximate surface area is 191 Å². The van der Waals surface area contributed by atoms with Gasteiger partial charge in [0.15, 0.2) is 5.96 Å². The summed E-state index contributed by atoms with van der Waals surface area (Å²) in [5, 5.41) is 6.88. The second kappa shape index (κ2) is 13.6. The second-order valence-corrected chi connectivity index (χ2v) is 7.61. The first kappa shape index (κ1) is 23.9. The van der Waals surface area contributed by atoms with Gasteiger partial charge < -0.3 is 29.7 Å². The van der Waals surface area contributed by atoms with Crippen molar-refractivity contribution in [3.8, 4) is 5.75 Å². The number of hydrogen-bond donors (Lipinski definition) is 2. The molecule has 174 valence electrons. The molecule has 1 aliphatic heterocycles. The van der Waals surface area contributed by atoms with E-state index < -0.39 is 0 Å². The number of morpholine rings is 1. The maximum Gasteiger partial charge on any atom is 0.191 e. The summed E-state index contributed by atoms with van der Waals surface area (Å²) in [6.45, 7) is 9.13. The van der Waals surface area contributed by atoms with Crippen LogP contribution in [-0.2, 0) is 22.6 Å². The Balaban J connectivity index is 1.55. The third-order valence-corrected chi connectivity index (χ3v) is 5.31. The number of nitrogens with one attached hydrogen (secondary N) is 2. The van der Waals surface area contributed by atoms with E-state index in [4.69, 9.17) is 19.2 Å². The van der Waals surface area contributed by atoms with Crippen molar-refractivity contribution in [2.45, 2.75) is 26.4 Å².